The molecule has 1 spiro atoms. The highest BCUT2D eigenvalue weighted by atomic mass is 79.9. The Kier molecular flexibility index (Phi) is 5.83. The van der Waals surface area contributed by atoms with Crippen LogP contribution in [0.1, 0.15) is 49.8 Å². The summed E-state index contributed by atoms with van der Waals surface area (Å²) in [5.74, 6) is -1.37. The largest absolute Gasteiger partial charge is 0.343 e. The van der Waals surface area contributed by atoms with Crippen LogP contribution in [0.25, 0.3) is 0 Å². The lowest BCUT2D eigenvalue weighted by atomic mass is 9.97. The number of nitrogens with zero attached hydrogens (tertiary/aromatic N) is 1. The predicted octanol–water partition coefficient (Wildman–Crippen LogP) is 4.05. The molecule has 1 saturated heterocycles. The van der Waals surface area contributed by atoms with E-state index in [2.05, 4.69) is 26.6 Å². The summed E-state index contributed by atoms with van der Waals surface area (Å²) in [7, 11) is 0. The molecule has 0 radical (unpaired) electrons. The number of rotatable bonds is 5. The minimum Gasteiger partial charge on any atom is -0.343 e. The average Bonchev–Trinajstić information content (AvgIpc) is 3.31. The molecule has 2 aliphatic rings. The number of imide groups is 1. The van der Waals surface area contributed by atoms with E-state index in [1.165, 1.54) is 13.0 Å². The third kappa shape index (κ3) is 3.96. The van der Waals surface area contributed by atoms with Crippen LogP contribution < -0.4 is 10.6 Å². The average molecular weight is 488 g/mol. The van der Waals surface area contributed by atoms with Crippen molar-refractivity contribution in [3.63, 3.8) is 0 Å². The Labute approximate surface area is 188 Å². The number of halogens is 2. The van der Waals surface area contributed by atoms with Gasteiger partial charge < -0.3 is 10.6 Å². The van der Waals surface area contributed by atoms with Gasteiger partial charge in [0.2, 0.25) is 5.91 Å². The molecule has 6 nitrogen and oxygen atoms in total. The zero-order valence-electron chi connectivity index (χ0n) is 17.0. The first-order valence-electron chi connectivity index (χ1n) is 10.3. The van der Waals surface area contributed by atoms with E-state index < -0.39 is 35.4 Å². The van der Waals surface area contributed by atoms with Crippen LogP contribution in [0.5, 0.6) is 0 Å². The van der Waals surface area contributed by atoms with Gasteiger partial charge >= 0.3 is 6.03 Å². The first-order chi connectivity index (χ1) is 14.8. The SMILES string of the molecule is CC(C(=O)NC(c1ccccc1)c1ccc(Br)cc1F)N1C(=O)NC2(CCCC2)C1=O. The predicted molar refractivity (Wildman–Crippen MR) is 117 cm³/mol. The highest BCUT2D eigenvalue weighted by Crippen LogP contribution is 2.36. The van der Waals surface area contributed by atoms with Crippen molar-refractivity contribution in [2.24, 2.45) is 0 Å². The zero-order chi connectivity index (χ0) is 22.2. The van der Waals surface area contributed by atoms with Crippen molar-refractivity contribution in [1.29, 1.82) is 0 Å². The number of benzene rings is 2. The molecule has 1 heterocycles. The molecule has 0 aromatic heterocycles. The monoisotopic (exact) mass is 487 g/mol. The van der Waals surface area contributed by atoms with Crippen molar-refractivity contribution in [2.45, 2.75) is 50.2 Å². The topological polar surface area (TPSA) is 78.5 Å². The van der Waals surface area contributed by atoms with Crippen LogP contribution in [0.2, 0.25) is 0 Å². The maximum absolute atomic E-state index is 14.8. The second-order valence-corrected chi connectivity index (χ2v) is 9.00. The molecule has 1 aliphatic heterocycles. The quantitative estimate of drug-likeness (QED) is 0.624. The Bertz CT molecular complexity index is 1020. The molecular formula is C23H23BrFN3O3. The van der Waals surface area contributed by atoms with Crippen LogP contribution in [0.3, 0.4) is 0 Å². The first kappa shape index (κ1) is 21.5. The smallest absolute Gasteiger partial charge is 0.325 e. The summed E-state index contributed by atoms with van der Waals surface area (Å²) in [4.78, 5) is 39.7. The van der Waals surface area contributed by atoms with Crippen LogP contribution in [0.15, 0.2) is 53.0 Å². The van der Waals surface area contributed by atoms with Crippen LogP contribution in [-0.2, 0) is 9.59 Å². The molecule has 0 bridgehead atoms. The van der Waals surface area contributed by atoms with Crippen LogP contribution in [0.4, 0.5) is 9.18 Å². The Morgan fingerprint density at radius 1 is 1.16 bits per heavy atom. The lowest BCUT2D eigenvalue weighted by molar-refractivity contribution is -0.138. The fraction of sp³-hybridized carbons (Fsp3) is 0.348. The van der Waals surface area contributed by atoms with E-state index in [1.807, 2.05) is 6.07 Å². The molecule has 1 saturated carbocycles. The second kappa shape index (κ2) is 8.42. The molecular weight excluding hydrogens is 465 g/mol. The van der Waals surface area contributed by atoms with Crippen molar-refractivity contribution >= 4 is 33.8 Å². The van der Waals surface area contributed by atoms with E-state index in [4.69, 9.17) is 0 Å². The molecule has 4 amide bonds. The van der Waals surface area contributed by atoms with Gasteiger partial charge in [0.05, 0.1) is 6.04 Å². The molecule has 1 aliphatic carbocycles. The van der Waals surface area contributed by atoms with Gasteiger partial charge in [0.15, 0.2) is 0 Å². The lowest BCUT2D eigenvalue weighted by Crippen LogP contribution is -2.50. The molecule has 31 heavy (non-hydrogen) atoms. The van der Waals surface area contributed by atoms with E-state index in [1.54, 1.807) is 36.4 Å². The highest BCUT2D eigenvalue weighted by molar-refractivity contribution is 9.10. The first-order valence-corrected chi connectivity index (χ1v) is 11.1. The third-order valence-corrected chi connectivity index (χ3v) is 6.60. The van der Waals surface area contributed by atoms with Gasteiger partial charge in [-0.1, -0.05) is 65.2 Å². The van der Waals surface area contributed by atoms with Crippen molar-refractivity contribution in [1.82, 2.24) is 15.5 Å². The Morgan fingerprint density at radius 3 is 2.48 bits per heavy atom. The second-order valence-electron chi connectivity index (χ2n) is 8.09. The van der Waals surface area contributed by atoms with Gasteiger partial charge in [0, 0.05) is 10.0 Å². The lowest BCUT2D eigenvalue weighted by Gasteiger charge is -2.26. The summed E-state index contributed by atoms with van der Waals surface area (Å²) in [6.07, 6.45) is 2.89. The summed E-state index contributed by atoms with van der Waals surface area (Å²) >= 11 is 3.25. The van der Waals surface area contributed by atoms with Crippen LogP contribution >= 0.6 is 15.9 Å². The van der Waals surface area contributed by atoms with Gasteiger partial charge in [-0.15, -0.1) is 0 Å². The number of carbonyl (C=O) groups is 3. The number of carbonyl (C=O) groups excluding carboxylic acids is 3. The van der Waals surface area contributed by atoms with E-state index in [0.717, 1.165) is 17.7 Å². The minimum atomic E-state index is -1.03. The van der Waals surface area contributed by atoms with Gasteiger partial charge in [-0.3, -0.25) is 9.59 Å². The summed E-state index contributed by atoms with van der Waals surface area (Å²) in [6.45, 7) is 1.51. The molecule has 2 atom stereocenters. The Hall–Kier alpha value is -2.74. The van der Waals surface area contributed by atoms with Crippen LogP contribution in [0, 0.1) is 5.82 Å². The third-order valence-electron chi connectivity index (χ3n) is 6.11. The maximum Gasteiger partial charge on any atom is 0.325 e. The number of hydrogen-bond donors (Lipinski definition) is 2. The van der Waals surface area contributed by atoms with E-state index in [-0.39, 0.29) is 5.91 Å². The van der Waals surface area contributed by atoms with Crippen molar-refractivity contribution in [3.05, 3.63) is 69.9 Å². The van der Waals surface area contributed by atoms with Gasteiger partial charge in [-0.05, 0) is 37.5 Å². The van der Waals surface area contributed by atoms with E-state index >= 15 is 0 Å². The number of hydrogen-bond acceptors (Lipinski definition) is 3. The van der Waals surface area contributed by atoms with E-state index in [9.17, 15) is 18.8 Å². The van der Waals surface area contributed by atoms with Crippen LogP contribution in [-0.4, -0.2) is 34.3 Å². The number of amides is 4. The van der Waals surface area contributed by atoms with Gasteiger partial charge in [0.25, 0.3) is 5.91 Å². The highest BCUT2D eigenvalue weighted by Gasteiger charge is 2.54. The zero-order valence-corrected chi connectivity index (χ0v) is 18.6. The normalized spacial score (nSPS) is 19.4. The standard InChI is InChI=1S/C23H23BrFN3O3/c1-14(28-21(30)23(27-22(28)31)11-5-6-12-23)20(29)26-19(15-7-3-2-4-8-15)17-10-9-16(24)13-18(17)25/h2-4,7-10,13-14,19H,5-6,11-12H2,1H3,(H,26,29)(H,27,31). The molecule has 8 heteroatoms. The van der Waals surface area contributed by atoms with E-state index in [0.29, 0.717) is 28.4 Å². The molecule has 2 unspecified atom stereocenters. The Balaban J connectivity index is 1.60. The minimum absolute atomic E-state index is 0.291. The molecule has 2 N–H and O–H groups in total. The molecule has 2 aromatic carbocycles. The molecule has 4 rings (SSSR count). The number of nitrogens with one attached hydrogen (secondary N) is 2. The van der Waals surface area contributed by atoms with Gasteiger partial charge in [-0.2, -0.15) is 0 Å². The number of urea groups is 1. The molecule has 2 fully saturated rings. The van der Waals surface area contributed by atoms with Crippen molar-refractivity contribution < 1.29 is 18.8 Å². The van der Waals surface area contributed by atoms with Gasteiger partial charge in [0.1, 0.15) is 17.4 Å². The summed E-state index contributed by atoms with van der Waals surface area (Å²) in [5.41, 5.74) is 0.0931. The summed E-state index contributed by atoms with van der Waals surface area (Å²) < 4.78 is 15.3. The fourth-order valence-corrected chi connectivity index (χ4v) is 4.75. The molecule has 2 aromatic rings. The van der Waals surface area contributed by atoms with Crippen molar-refractivity contribution in [3.8, 4) is 0 Å². The summed E-state index contributed by atoms with van der Waals surface area (Å²) in [6, 6.07) is 11.3. The maximum atomic E-state index is 14.8. The fourth-order valence-electron chi connectivity index (χ4n) is 4.41. The van der Waals surface area contributed by atoms with Crippen molar-refractivity contribution in [2.75, 3.05) is 0 Å². The summed E-state index contributed by atoms with van der Waals surface area (Å²) in [5, 5.41) is 5.63. The Morgan fingerprint density at radius 2 is 1.84 bits per heavy atom. The van der Waals surface area contributed by atoms with Gasteiger partial charge in [-0.25, -0.2) is 14.1 Å². The molecule has 162 valence electrons.